The van der Waals surface area contributed by atoms with Gasteiger partial charge in [-0.25, -0.2) is 4.98 Å². The van der Waals surface area contributed by atoms with E-state index in [1.165, 1.54) is 11.1 Å². The van der Waals surface area contributed by atoms with Crippen LogP contribution in [0.3, 0.4) is 0 Å². The summed E-state index contributed by atoms with van der Waals surface area (Å²) in [4.78, 5) is 4.35. The molecule has 0 aliphatic carbocycles. The topological polar surface area (TPSA) is 34.1 Å². The highest BCUT2D eigenvalue weighted by Crippen LogP contribution is 2.20. The van der Waals surface area contributed by atoms with Crippen LogP contribution in [-0.4, -0.2) is 11.5 Å². The molecule has 2 aromatic rings. The fraction of sp³-hybridized carbons (Fsp3) is 0.389. The van der Waals surface area contributed by atoms with Crippen molar-refractivity contribution in [2.24, 2.45) is 0 Å². The van der Waals surface area contributed by atoms with Crippen molar-refractivity contribution in [1.29, 1.82) is 0 Å². The summed E-state index contributed by atoms with van der Waals surface area (Å²) in [6, 6.07) is 12.2. The highest BCUT2D eigenvalue weighted by atomic mass is 16.5. The van der Waals surface area contributed by atoms with Gasteiger partial charge in [0, 0.05) is 18.8 Å². The molecule has 2 rings (SSSR count). The molecule has 21 heavy (non-hydrogen) atoms. The second kappa shape index (κ2) is 8.42. The van der Waals surface area contributed by atoms with Crippen LogP contribution in [0.2, 0.25) is 0 Å². The minimum atomic E-state index is 0.637. The number of rotatable bonds is 8. The van der Waals surface area contributed by atoms with Gasteiger partial charge in [0.1, 0.15) is 5.75 Å². The largest absolute Gasteiger partial charge is 0.439 e. The first kappa shape index (κ1) is 15.5. The summed E-state index contributed by atoms with van der Waals surface area (Å²) >= 11 is 0. The smallest absolute Gasteiger partial charge is 0.219 e. The molecule has 3 nitrogen and oxygen atoms in total. The summed E-state index contributed by atoms with van der Waals surface area (Å²) in [6.07, 6.45) is 5.28. The molecule has 1 aromatic heterocycles. The van der Waals surface area contributed by atoms with Gasteiger partial charge in [-0.1, -0.05) is 38.5 Å². The van der Waals surface area contributed by atoms with E-state index in [9.17, 15) is 0 Å². The fourth-order valence-electron chi connectivity index (χ4n) is 2.12. The molecule has 0 radical (unpaired) electrons. The van der Waals surface area contributed by atoms with E-state index in [4.69, 9.17) is 4.74 Å². The molecule has 3 heteroatoms. The molecular formula is C18H24N2O. The summed E-state index contributed by atoms with van der Waals surface area (Å²) in [5, 5.41) is 3.36. The number of aryl methyl sites for hydroxylation is 1. The maximum atomic E-state index is 5.76. The van der Waals surface area contributed by atoms with Crippen LogP contribution >= 0.6 is 0 Å². The number of hydrogen-bond acceptors (Lipinski definition) is 3. The van der Waals surface area contributed by atoms with E-state index in [1.54, 1.807) is 0 Å². The second-order valence-corrected chi connectivity index (χ2v) is 5.18. The Morgan fingerprint density at radius 3 is 2.33 bits per heavy atom. The van der Waals surface area contributed by atoms with Crippen molar-refractivity contribution in [3.05, 3.63) is 53.7 Å². The quantitative estimate of drug-likeness (QED) is 0.733. The maximum Gasteiger partial charge on any atom is 0.219 e. The van der Waals surface area contributed by atoms with Crippen LogP contribution in [-0.2, 0) is 13.0 Å². The van der Waals surface area contributed by atoms with Crippen molar-refractivity contribution < 1.29 is 4.74 Å². The fourth-order valence-corrected chi connectivity index (χ4v) is 2.12. The number of nitrogens with zero attached hydrogens (tertiary/aromatic N) is 1. The second-order valence-electron chi connectivity index (χ2n) is 5.18. The monoisotopic (exact) mass is 284 g/mol. The van der Waals surface area contributed by atoms with Crippen molar-refractivity contribution in [2.75, 3.05) is 6.54 Å². The standard InChI is InChI=1S/C18H24N2O/c1-3-5-15-6-9-17(10-7-15)21-18-11-8-16(14-20-18)13-19-12-4-2/h6-11,14,19H,3-5,12-13H2,1-2H3. The molecule has 112 valence electrons. The third kappa shape index (κ3) is 5.20. The van der Waals surface area contributed by atoms with Crippen molar-refractivity contribution >= 4 is 0 Å². The Labute approximate surface area is 127 Å². The van der Waals surface area contributed by atoms with Crippen LogP contribution in [0, 0.1) is 0 Å². The normalized spacial score (nSPS) is 10.6. The molecule has 0 aliphatic heterocycles. The average Bonchev–Trinajstić information content (AvgIpc) is 2.51. The Morgan fingerprint density at radius 2 is 1.71 bits per heavy atom. The Balaban J connectivity index is 1.90. The van der Waals surface area contributed by atoms with Crippen LogP contribution < -0.4 is 10.1 Å². The lowest BCUT2D eigenvalue weighted by molar-refractivity contribution is 0.462. The summed E-state index contributed by atoms with van der Waals surface area (Å²) < 4.78 is 5.76. The van der Waals surface area contributed by atoms with Crippen LogP contribution in [0.4, 0.5) is 0 Å². The van der Waals surface area contributed by atoms with Crippen LogP contribution in [0.1, 0.15) is 37.8 Å². The third-order valence-electron chi connectivity index (χ3n) is 3.24. The van der Waals surface area contributed by atoms with Gasteiger partial charge in [0.25, 0.3) is 0 Å². The highest BCUT2D eigenvalue weighted by Gasteiger charge is 2.00. The Morgan fingerprint density at radius 1 is 0.952 bits per heavy atom. The van der Waals surface area contributed by atoms with E-state index in [-0.39, 0.29) is 0 Å². The molecule has 0 bridgehead atoms. The van der Waals surface area contributed by atoms with E-state index < -0.39 is 0 Å². The van der Waals surface area contributed by atoms with E-state index in [2.05, 4.69) is 42.3 Å². The molecular weight excluding hydrogens is 260 g/mol. The van der Waals surface area contributed by atoms with Gasteiger partial charge in [0.05, 0.1) is 0 Å². The highest BCUT2D eigenvalue weighted by molar-refractivity contribution is 5.31. The summed E-state index contributed by atoms with van der Waals surface area (Å²) in [7, 11) is 0. The SMILES string of the molecule is CCCNCc1ccc(Oc2ccc(CCC)cc2)nc1. The zero-order valence-corrected chi connectivity index (χ0v) is 12.9. The zero-order valence-electron chi connectivity index (χ0n) is 12.9. The summed E-state index contributed by atoms with van der Waals surface area (Å²) in [5.41, 5.74) is 2.52. The minimum absolute atomic E-state index is 0.637. The molecule has 1 heterocycles. The van der Waals surface area contributed by atoms with Gasteiger partial charge in [-0.05, 0) is 42.6 Å². The molecule has 1 N–H and O–H groups in total. The Bertz CT molecular complexity index is 520. The van der Waals surface area contributed by atoms with Crippen molar-refractivity contribution in [3.8, 4) is 11.6 Å². The van der Waals surface area contributed by atoms with Gasteiger partial charge in [-0.15, -0.1) is 0 Å². The van der Waals surface area contributed by atoms with Crippen molar-refractivity contribution in [1.82, 2.24) is 10.3 Å². The van der Waals surface area contributed by atoms with Gasteiger partial charge >= 0.3 is 0 Å². The number of nitrogens with one attached hydrogen (secondary N) is 1. The first-order valence-electron chi connectivity index (χ1n) is 7.74. The van der Waals surface area contributed by atoms with E-state index >= 15 is 0 Å². The Kier molecular flexibility index (Phi) is 6.22. The molecule has 0 atom stereocenters. The molecule has 0 saturated heterocycles. The molecule has 1 aromatic carbocycles. The molecule has 0 amide bonds. The summed E-state index contributed by atoms with van der Waals surface area (Å²) in [5.74, 6) is 1.47. The number of benzene rings is 1. The third-order valence-corrected chi connectivity index (χ3v) is 3.24. The van der Waals surface area contributed by atoms with Gasteiger partial charge in [0.15, 0.2) is 0 Å². The van der Waals surface area contributed by atoms with Crippen molar-refractivity contribution in [2.45, 2.75) is 39.7 Å². The van der Waals surface area contributed by atoms with Crippen LogP contribution in [0.25, 0.3) is 0 Å². The molecule has 0 unspecified atom stereocenters. The maximum absolute atomic E-state index is 5.76. The lowest BCUT2D eigenvalue weighted by Gasteiger charge is -2.07. The zero-order chi connectivity index (χ0) is 14.9. The first-order chi connectivity index (χ1) is 10.3. The summed E-state index contributed by atoms with van der Waals surface area (Å²) in [6.45, 7) is 6.23. The number of aromatic nitrogens is 1. The lowest BCUT2D eigenvalue weighted by Crippen LogP contribution is -2.13. The predicted octanol–water partition coefficient (Wildman–Crippen LogP) is 4.33. The number of hydrogen-bond donors (Lipinski definition) is 1. The van der Waals surface area contributed by atoms with Gasteiger partial charge < -0.3 is 10.1 Å². The van der Waals surface area contributed by atoms with Gasteiger partial charge in [-0.2, -0.15) is 0 Å². The van der Waals surface area contributed by atoms with E-state index in [0.717, 1.165) is 38.1 Å². The van der Waals surface area contributed by atoms with E-state index in [1.807, 2.05) is 24.4 Å². The molecule has 0 spiro atoms. The van der Waals surface area contributed by atoms with Gasteiger partial charge in [0.2, 0.25) is 5.88 Å². The number of ether oxygens (including phenoxy) is 1. The predicted molar refractivity (Wildman–Crippen MR) is 86.7 cm³/mol. The Hall–Kier alpha value is -1.87. The molecule has 0 saturated carbocycles. The van der Waals surface area contributed by atoms with Gasteiger partial charge in [-0.3, -0.25) is 0 Å². The van der Waals surface area contributed by atoms with Crippen LogP contribution in [0.15, 0.2) is 42.6 Å². The molecule has 0 aliphatic rings. The minimum Gasteiger partial charge on any atom is -0.439 e. The molecule has 0 fully saturated rings. The van der Waals surface area contributed by atoms with E-state index in [0.29, 0.717) is 5.88 Å². The lowest BCUT2D eigenvalue weighted by atomic mass is 10.1. The number of pyridine rings is 1. The van der Waals surface area contributed by atoms with Crippen molar-refractivity contribution in [3.63, 3.8) is 0 Å². The van der Waals surface area contributed by atoms with Crippen LogP contribution in [0.5, 0.6) is 11.6 Å². The average molecular weight is 284 g/mol. The first-order valence-corrected chi connectivity index (χ1v) is 7.74.